The lowest BCUT2D eigenvalue weighted by Crippen LogP contribution is -2.29. The molecule has 1 aromatic carbocycles. The summed E-state index contributed by atoms with van der Waals surface area (Å²) in [5.74, 6) is 0. The first-order valence-corrected chi connectivity index (χ1v) is 6.64. The molecular weight excluding hydrogens is 224 g/mol. The number of hydrogen-bond acceptors (Lipinski definition) is 3. The van der Waals surface area contributed by atoms with Gasteiger partial charge < -0.3 is 5.73 Å². The molecule has 0 atom stereocenters. The Hall–Kier alpha value is -0.910. The lowest BCUT2D eigenvalue weighted by molar-refractivity contribution is 0.581. The van der Waals surface area contributed by atoms with Crippen LogP contribution >= 0.6 is 0 Å². The van der Waals surface area contributed by atoms with Gasteiger partial charge in [0.2, 0.25) is 10.0 Å². The Labute approximate surface area is 96.9 Å². The zero-order chi connectivity index (χ0) is 12.3. The molecule has 0 saturated heterocycles. The van der Waals surface area contributed by atoms with E-state index in [1.165, 1.54) is 0 Å². The van der Waals surface area contributed by atoms with Crippen LogP contribution in [-0.2, 0) is 10.0 Å². The van der Waals surface area contributed by atoms with Crippen molar-refractivity contribution in [1.29, 1.82) is 0 Å². The zero-order valence-corrected chi connectivity index (χ0v) is 10.7. The first-order chi connectivity index (χ1) is 7.38. The molecule has 0 aliphatic heterocycles. The van der Waals surface area contributed by atoms with E-state index in [1.807, 2.05) is 19.9 Å². The molecule has 0 unspecified atom stereocenters. The molecule has 0 aromatic heterocycles. The van der Waals surface area contributed by atoms with Crippen molar-refractivity contribution >= 4 is 10.0 Å². The van der Waals surface area contributed by atoms with E-state index in [0.29, 0.717) is 11.4 Å². The number of benzene rings is 1. The summed E-state index contributed by atoms with van der Waals surface area (Å²) >= 11 is 0. The first kappa shape index (κ1) is 13.2. The van der Waals surface area contributed by atoms with Gasteiger partial charge in [-0.15, -0.1) is 0 Å². The molecule has 0 saturated carbocycles. The van der Waals surface area contributed by atoms with E-state index in [0.717, 1.165) is 16.7 Å². The predicted molar refractivity (Wildman–Crippen MR) is 64.9 cm³/mol. The molecule has 0 radical (unpaired) electrons. The maximum atomic E-state index is 11.9. The molecule has 0 aliphatic rings. The Balaban J connectivity index is 3.18. The van der Waals surface area contributed by atoms with Crippen molar-refractivity contribution < 1.29 is 8.42 Å². The van der Waals surface area contributed by atoms with E-state index in [1.54, 1.807) is 13.0 Å². The molecule has 1 aromatic rings. The summed E-state index contributed by atoms with van der Waals surface area (Å²) < 4.78 is 26.3. The Morgan fingerprint density at radius 2 is 1.69 bits per heavy atom. The SMILES string of the molecule is Cc1cc(C)c(S(=O)(=O)NCCN)cc1C. The largest absolute Gasteiger partial charge is 0.329 e. The summed E-state index contributed by atoms with van der Waals surface area (Å²) in [6.45, 7) is 6.21. The Bertz CT molecular complexity index is 481. The second kappa shape index (κ2) is 4.95. The lowest BCUT2D eigenvalue weighted by atomic mass is 10.1. The molecule has 0 spiro atoms. The van der Waals surface area contributed by atoms with Crippen molar-refractivity contribution in [3.05, 3.63) is 28.8 Å². The van der Waals surface area contributed by atoms with E-state index in [-0.39, 0.29) is 6.54 Å². The van der Waals surface area contributed by atoms with Gasteiger partial charge in [-0.1, -0.05) is 6.07 Å². The lowest BCUT2D eigenvalue weighted by Gasteiger charge is -2.11. The fourth-order valence-corrected chi connectivity index (χ4v) is 2.85. The van der Waals surface area contributed by atoms with E-state index in [9.17, 15) is 8.42 Å². The van der Waals surface area contributed by atoms with Gasteiger partial charge in [-0.25, -0.2) is 13.1 Å². The standard InChI is InChI=1S/C11H18N2O2S/c1-8-6-10(3)11(7-9(8)2)16(14,15)13-5-4-12/h6-7,13H,4-5,12H2,1-3H3. The third-order valence-electron chi connectivity index (χ3n) is 2.52. The molecule has 0 amide bonds. The minimum atomic E-state index is -3.42. The van der Waals surface area contributed by atoms with E-state index in [4.69, 9.17) is 5.73 Å². The number of nitrogens with two attached hydrogens (primary N) is 1. The maximum Gasteiger partial charge on any atom is 0.240 e. The van der Waals surface area contributed by atoms with Gasteiger partial charge in [0.05, 0.1) is 4.90 Å². The average molecular weight is 242 g/mol. The highest BCUT2D eigenvalue weighted by molar-refractivity contribution is 7.89. The maximum absolute atomic E-state index is 11.9. The van der Waals surface area contributed by atoms with Gasteiger partial charge in [-0.05, 0) is 43.5 Å². The topological polar surface area (TPSA) is 72.2 Å². The van der Waals surface area contributed by atoms with Crippen LogP contribution in [0.5, 0.6) is 0 Å². The van der Waals surface area contributed by atoms with Gasteiger partial charge in [-0.2, -0.15) is 0 Å². The molecular formula is C11H18N2O2S. The molecule has 0 fully saturated rings. The predicted octanol–water partition coefficient (Wildman–Crippen LogP) is 0.849. The Morgan fingerprint density at radius 1 is 1.12 bits per heavy atom. The summed E-state index contributed by atoms with van der Waals surface area (Å²) in [4.78, 5) is 0.337. The molecule has 16 heavy (non-hydrogen) atoms. The smallest absolute Gasteiger partial charge is 0.240 e. The van der Waals surface area contributed by atoms with Crippen molar-refractivity contribution in [3.8, 4) is 0 Å². The van der Waals surface area contributed by atoms with Crippen LogP contribution in [0.4, 0.5) is 0 Å². The van der Waals surface area contributed by atoms with Gasteiger partial charge in [0.25, 0.3) is 0 Å². The van der Waals surface area contributed by atoms with Crippen molar-refractivity contribution in [2.24, 2.45) is 5.73 Å². The number of hydrogen-bond donors (Lipinski definition) is 2. The summed E-state index contributed by atoms with van der Waals surface area (Å²) in [5.41, 5.74) is 8.10. The molecule has 1 rings (SSSR count). The van der Waals surface area contributed by atoms with Crippen molar-refractivity contribution in [2.75, 3.05) is 13.1 Å². The van der Waals surface area contributed by atoms with Gasteiger partial charge in [0, 0.05) is 13.1 Å². The molecule has 3 N–H and O–H groups in total. The monoisotopic (exact) mass is 242 g/mol. The van der Waals surface area contributed by atoms with Gasteiger partial charge in [0.1, 0.15) is 0 Å². The highest BCUT2D eigenvalue weighted by Gasteiger charge is 2.16. The summed E-state index contributed by atoms with van der Waals surface area (Å²) in [5, 5.41) is 0. The third kappa shape index (κ3) is 2.81. The minimum Gasteiger partial charge on any atom is -0.329 e. The normalized spacial score (nSPS) is 11.8. The van der Waals surface area contributed by atoms with Crippen LogP contribution in [0.25, 0.3) is 0 Å². The molecule has 0 bridgehead atoms. The Morgan fingerprint density at radius 3 is 2.25 bits per heavy atom. The molecule has 4 nitrogen and oxygen atoms in total. The fraction of sp³-hybridized carbons (Fsp3) is 0.455. The molecule has 5 heteroatoms. The van der Waals surface area contributed by atoms with Crippen LogP contribution < -0.4 is 10.5 Å². The van der Waals surface area contributed by atoms with Crippen LogP contribution in [0.1, 0.15) is 16.7 Å². The number of nitrogens with one attached hydrogen (secondary N) is 1. The van der Waals surface area contributed by atoms with E-state index >= 15 is 0 Å². The Kier molecular flexibility index (Phi) is 4.07. The molecule has 90 valence electrons. The summed E-state index contributed by atoms with van der Waals surface area (Å²) in [6.07, 6.45) is 0. The van der Waals surface area contributed by atoms with Crippen molar-refractivity contribution in [1.82, 2.24) is 4.72 Å². The van der Waals surface area contributed by atoms with E-state index in [2.05, 4.69) is 4.72 Å². The zero-order valence-electron chi connectivity index (χ0n) is 9.87. The summed E-state index contributed by atoms with van der Waals surface area (Å²) in [6, 6.07) is 3.58. The van der Waals surface area contributed by atoms with Gasteiger partial charge >= 0.3 is 0 Å². The summed E-state index contributed by atoms with van der Waals surface area (Å²) in [7, 11) is -3.42. The van der Waals surface area contributed by atoms with Crippen LogP contribution in [0, 0.1) is 20.8 Å². The van der Waals surface area contributed by atoms with Crippen LogP contribution in [-0.4, -0.2) is 21.5 Å². The minimum absolute atomic E-state index is 0.259. The fourth-order valence-electron chi connectivity index (χ4n) is 1.49. The van der Waals surface area contributed by atoms with Gasteiger partial charge in [-0.3, -0.25) is 0 Å². The van der Waals surface area contributed by atoms with Crippen molar-refractivity contribution in [3.63, 3.8) is 0 Å². The number of aryl methyl sites for hydroxylation is 3. The second-order valence-corrected chi connectivity index (χ2v) is 5.62. The van der Waals surface area contributed by atoms with E-state index < -0.39 is 10.0 Å². The van der Waals surface area contributed by atoms with Crippen LogP contribution in [0.3, 0.4) is 0 Å². The molecule has 0 heterocycles. The highest BCUT2D eigenvalue weighted by atomic mass is 32.2. The molecule has 0 aliphatic carbocycles. The van der Waals surface area contributed by atoms with Crippen LogP contribution in [0.15, 0.2) is 17.0 Å². The average Bonchev–Trinajstić information content (AvgIpc) is 2.20. The third-order valence-corrected chi connectivity index (χ3v) is 4.12. The number of rotatable bonds is 4. The number of sulfonamides is 1. The first-order valence-electron chi connectivity index (χ1n) is 5.16. The van der Waals surface area contributed by atoms with Gasteiger partial charge in [0.15, 0.2) is 0 Å². The highest BCUT2D eigenvalue weighted by Crippen LogP contribution is 2.19. The van der Waals surface area contributed by atoms with Crippen molar-refractivity contribution in [2.45, 2.75) is 25.7 Å². The quantitative estimate of drug-likeness (QED) is 0.822. The van der Waals surface area contributed by atoms with Crippen LogP contribution in [0.2, 0.25) is 0 Å². The second-order valence-electron chi connectivity index (χ2n) is 3.89.